The van der Waals surface area contributed by atoms with Gasteiger partial charge in [-0.25, -0.2) is 9.59 Å². The number of halogens is 1. The van der Waals surface area contributed by atoms with Gasteiger partial charge < -0.3 is 15.7 Å². The SMILES string of the molecule is CC(C)CCCCNC(=O)Nc1ccc(C(=O)O)cc1Cl. The third-order valence-corrected chi connectivity index (χ3v) is 3.27. The fourth-order valence-electron chi connectivity index (χ4n) is 1.80. The van der Waals surface area contributed by atoms with Crippen LogP contribution >= 0.6 is 11.6 Å². The number of unbranched alkanes of at least 4 members (excludes halogenated alkanes) is 1. The molecule has 0 unspecified atom stereocenters. The summed E-state index contributed by atoms with van der Waals surface area (Å²) in [6, 6.07) is 3.84. The second kappa shape index (κ2) is 8.52. The van der Waals surface area contributed by atoms with E-state index in [-0.39, 0.29) is 16.6 Å². The summed E-state index contributed by atoms with van der Waals surface area (Å²) in [7, 11) is 0. The minimum atomic E-state index is -1.06. The molecule has 0 saturated heterocycles. The summed E-state index contributed by atoms with van der Waals surface area (Å²) in [5, 5.41) is 14.4. The zero-order valence-corrected chi connectivity index (χ0v) is 13.0. The van der Waals surface area contributed by atoms with Gasteiger partial charge >= 0.3 is 12.0 Å². The van der Waals surface area contributed by atoms with Crippen LogP contribution in [0.1, 0.15) is 43.5 Å². The van der Waals surface area contributed by atoms with E-state index < -0.39 is 5.97 Å². The number of hydrogen-bond acceptors (Lipinski definition) is 2. The van der Waals surface area contributed by atoms with Gasteiger partial charge in [-0.3, -0.25) is 0 Å². The molecule has 0 aliphatic carbocycles. The van der Waals surface area contributed by atoms with Crippen molar-refractivity contribution in [2.45, 2.75) is 33.1 Å². The fourth-order valence-corrected chi connectivity index (χ4v) is 2.02. The summed E-state index contributed by atoms with van der Waals surface area (Å²) in [5.41, 5.74) is 0.473. The van der Waals surface area contributed by atoms with Gasteiger partial charge in [0.1, 0.15) is 0 Å². The lowest BCUT2D eigenvalue weighted by Gasteiger charge is -2.10. The van der Waals surface area contributed by atoms with Gasteiger partial charge in [0.25, 0.3) is 0 Å². The maximum atomic E-state index is 11.7. The molecule has 6 heteroatoms. The smallest absolute Gasteiger partial charge is 0.335 e. The summed E-state index contributed by atoms with van der Waals surface area (Å²) in [4.78, 5) is 22.5. The zero-order valence-electron chi connectivity index (χ0n) is 12.3. The number of hydrogen-bond donors (Lipinski definition) is 3. The lowest BCUT2D eigenvalue weighted by atomic mass is 10.1. The van der Waals surface area contributed by atoms with Crippen LogP contribution in [0.2, 0.25) is 5.02 Å². The highest BCUT2D eigenvalue weighted by Crippen LogP contribution is 2.22. The highest BCUT2D eigenvalue weighted by Gasteiger charge is 2.09. The Morgan fingerprint density at radius 2 is 2.00 bits per heavy atom. The van der Waals surface area contributed by atoms with Gasteiger partial charge in [0.05, 0.1) is 16.3 Å². The molecule has 0 radical (unpaired) electrons. The van der Waals surface area contributed by atoms with E-state index in [9.17, 15) is 9.59 Å². The van der Waals surface area contributed by atoms with Crippen LogP contribution in [0.15, 0.2) is 18.2 Å². The van der Waals surface area contributed by atoms with Gasteiger partial charge in [0.15, 0.2) is 0 Å². The maximum Gasteiger partial charge on any atom is 0.335 e. The van der Waals surface area contributed by atoms with Gasteiger partial charge in [-0.05, 0) is 30.5 Å². The topological polar surface area (TPSA) is 78.4 Å². The van der Waals surface area contributed by atoms with Crippen LogP contribution in [0.3, 0.4) is 0 Å². The number of amides is 2. The Balaban J connectivity index is 2.39. The molecule has 1 rings (SSSR count). The van der Waals surface area contributed by atoms with Crippen LogP contribution < -0.4 is 10.6 Å². The molecule has 0 saturated carbocycles. The van der Waals surface area contributed by atoms with E-state index in [0.717, 1.165) is 19.3 Å². The number of urea groups is 1. The molecule has 0 aliphatic heterocycles. The van der Waals surface area contributed by atoms with Gasteiger partial charge in [0.2, 0.25) is 0 Å². The number of carbonyl (C=O) groups excluding carboxylic acids is 1. The lowest BCUT2D eigenvalue weighted by molar-refractivity contribution is 0.0697. The van der Waals surface area contributed by atoms with Crippen LogP contribution in [0.4, 0.5) is 10.5 Å². The third-order valence-electron chi connectivity index (χ3n) is 2.96. The molecule has 0 atom stereocenters. The van der Waals surface area contributed by atoms with Crippen LogP contribution in [0, 0.1) is 5.92 Å². The van der Waals surface area contributed by atoms with Crippen LogP contribution in [-0.2, 0) is 0 Å². The average Bonchev–Trinajstić information content (AvgIpc) is 2.40. The Hall–Kier alpha value is -1.75. The Labute approximate surface area is 129 Å². The van der Waals surface area contributed by atoms with Crippen molar-refractivity contribution in [3.05, 3.63) is 28.8 Å². The maximum absolute atomic E-state index is 11.7. The highest BCUT2D eigenvalue weighted by molar-refractivity contribution is 6.34. The number of rotatable bonds is 7. The molecule has 0 spiro atoms. The molecule has 0 aromatic heterocycles. The monoisotopic (exact) mass is 312 g/mol. The first-order chi connectivity index (χ1) is 9.90. The predicted molar refractivity (Wildman–Crippen MR) is 84.1 cm³/mol. The van der Waals surface area contributed by atoms with Crippen molar-refractivity contribution in [1.82, 2.24) is 5.32 Å². The summed E-state index contributed by atoms with van der Waals surface area (Å²) in [6.45, 7) is 4.94. The molecule has 5 nitrogen and oxygen atoms in total. The molecule has 1 aromatic carbocycles. The molecule has 0 bridgehead atoms. The van der Waals surface area contributed by atoms with Crippen LogP contribution in [0.5, 0.6) is 0 Å². The van der Waals surface area contributed by atoms with E-state index in [4.69, 9.17) is 16.7 Å². The van der Waals surface area contributed by atoms with E-state index in [2.05, 4.69) is 24.5 Å². The Kier molecular flexibility index (Phi) is 7.02. The quantitative estimate of drug-likeness (QED) is 0.666. The minimum Gasteiger partial charge on any atom is -0.478 e. The molecule has 0 heterocycles. The van der Waals surface area contributed by atoms with Gasteiger partial charge in [0, 0.05) is 6.54 Å². The number of carboxylic acids is 1. The Morgan fingerprint density at radius 1 is 1.29 bits per heavy atom. The molecule has 0 fully saturated rings. The van der Waals surface area contributed by atoms with E-state index in [1.54, 1.807) is 0 Å². The number of anilines is 1. The Morgan fingerprint density at radius 3 is 2.57 bits per heavy atom. The first-order valence-corrected chi connectivity index (χ1v) is 7.35. The fraction of sp³-hybridized carbons (Fsp3) is 0.467. The molecule has 1 aromatic rings. The second-order valence-electron chi connectivity index (χ2n) is 5.27. The number of carboxylic acid groups (broad SMARTS) is 1. The van der Waals surface area contributed by atoms with Gasteiger partial charge in [-0.15, -0.1) is 0 Å². The number of carbonyl (C=O) groups is 2. The summed E-state index contributed by atoms with van der Waals surface area (Å²) in [6.07, 6.45) is 3.15. The first kappa shape index (κ1) is 17.3. The number of benzene rings is 1. The van der Waals surface area contributed by atoms with Gasteiger partial charge in [-0.1, -0.05) is 38.3 Å². The molecule has 21 heavy (non-hydrogen) atoms. The Bertz CT molecular complexity index is 504. The molecular formula is C15H21ClN2O3. The van der Waals surface area contributed by atoms with Crippen molar-refractivity contribution in [2.75, 3.05) is 11.9 Å². The van der Waals surface area contributed by atoms with E-state index in [1.807, 2.05) is 0 Å². The number of aromatic carboxylic acids is 1. The van der Waals surface area contributed by atoms with Crippen LogP contribution in [-0.4, -0.2) is 23.7 Å². The van der Waals surface area contributed by atoms with Crippen molar-refractivity contribution < 1.29 is 14.7 Å². The third kappa shape index (κ3) is 6.49. The van der Waals surface area contributed by atoms with E-state index in [0.29, 0.717) is 18.2 Å². The normalized spacial score (nSPS) is 10.5. The number of nitrogens with one attached hydrogen (secondary N) is 2. The summed E-state index contributed by atoms with van der Waals surface area (Å²) < 4.78 is 0. The second-order valence-corrected chi connectivity index (χ2v) is 5.68. The minimum absolute atomic E-state index is 0.0830. The van der Waals surface area contributed by atoms with Crippen LogP contribution in [0.25, 0.3) is 0 Å². The zero-order chi connectivity index (χ0) is 15.8. The van der Waals surface area contributed by atoms with Gasteiger partial charge in [-0.2, -0.15) is 0 Å². The first-order valence-electron chi connectivity index (χ1n) is 6.98. The lowest BCUT2D eigenvalue weighted by Crippen LogP contribution is -2.29. The standard InChI is InChI=1S/C15H21ClN2O3/c1-10(2)5-3-4-8-17-15(21)18-13-7-6-11(14(19)20)9-12(13)16/h6-7,9-10H,3-5,8H2,1-2H3,(H,19,20)(H2,17,18,21). The summed E-state index contributed by atoms with van der Waals surface area (Å²) in [5.74, 6) is -0.386. The van der Waals surface area contributed by atoms with Crippen molar-refractivity contribution in [2.24, 2.45) is 5.92 Å². The summed E-state index contributed by atoms with van der Waals surface area (Å²) >= 11 is 5.93. The predicted octanol–water partition coefficient (Wildman–Crippen LogP) is 3.99. The molecule has 0 aliphatic rings. The average molecular weight is 313 g/mol. The molecule has 2 amide bonds. The largest absolute Gasteiger partial charge is 0.478 e. The van der Waals surface area contributed by atoms with E-state index >= 15 is 0 Å². The van der Waals surface area contributed by atoms with Crippen molar-refractivity contribution >= 4 is 29.3 Å². The van der Waals surface area contributed by atoms with Crippen molar-refractivity contribution in [1.29, 1.82) is 0 Å². The molecular weight excluding hydrogens is 292 g/mol. The van der Waals surface area contributed by atoms with Crippen molar-refractivity contribution in [3.8, 4) is 0 Å². The molecule has 116 valence electrons. The van der Waals surface area contributed by atoms with Crippen molar-refractivity contribution in [3.63, 3.8) is 0 Å². The highest BCUT2D eigenvalue weighted by atomic mass is 35.5. The van der Waals surface area contributed by atoms with E-state index in [1.165, 1.54) is 18.2 Å². The molecule has 3 N–H and O–H groups in total.